The number of nitrogens with zero attached hydrogens (tertiary/aromatic N) is 1. The van der Waals surface area contributed by atoms with Gasteiger partial charge in [0.1, 0.15) is 0 Å². The molecular formula is C7H9F2NOS. The summed E-state index contributed by atoms with van der Waals surface area (Å²) in [7, 11) is 0. The van der Waals surface area contributed by atoms with Crippen LogP contribution in [0.4, 0.5) is 8.78 Å². The lowest BCUT2D eigenvalue weighted by atomic mass is 10.4. The zero-order valence-corrected chi connectivity index (χ0v) is 7.62. The first-order valence-electron chi connectivity index (χ1n) is 3.40. The minimum Gasteiger partial charge on any atom is -0.464 e. The Hall–Kier alpha value is -0.710. The molecule has 0 aliphatic rings. The van der Waals surface area contributed by atoms with E-state index in [2.05, 4.69) is 4.98 Å². The van der Waals surface area contributed by atoms with E-state index in [1.54, 1.807) is 6.20 Å². The molecule has 0 unspecified atom stereocenters. The monoisotopic (exact) mass is 193 g/mol. The summed E-state index contributed by atoms with van der Waals surface area (Å²) >= 11 is 1.26. The summed E-state index contributed by atoms with van der Waals surface area (Å²) in [5.41, 5.74) is 0. The van der Waals surface area contributed by atoms with Gasteiger partial charge >= 0.3 is 0 Å². The maximum Gasteiger partial charge on any atom is 0.278 e. The van der Waals surface area contributed by atoms with Crippen LogP contribution in [0.3, 0.4) is 0 Å². The van der Waals surface area contributed by atoms with E-state index in [0.29, 0.717) is 5.19 Å². The minimum absolute atomic E-state index is 0.300. The highest BCUT2D eigenvalue weighted by atomic mass is 32.1. The van der Waals surface area contributed by atoms with Crippen molar-refractivity contribution in [3.63, 3.8) is 0 Å². The Bertz CT molecular complexity index is 256. The third kappa shape index (κ3) is 3.13. The molecule has 0 aromatic carbocycles. The van der Waals surface area contributed by atoms with Gasteiger partial charge < -0.3 is 4.74 Å². The molecule has 0 saturated heterocycles. The average molecular weight is 193 g/mol. The molecule has 68 valence electrons. The van der Waals surface area contributed by atoms with Gasteiger partial charge in [-0.2, -0.15) is 0 Å². The highest BCUT2D eigenvalue weighted by Gasteiger charge is 2.22. The van der Waals surface area contributed by atoms with Crippen molar-refractivity contribution >= 4 is 11.3 Å². The number of ether oxygens (including phenoxy) is 1. The molecule has 1 aromatic rings. The van der Waals surface area contributed by atoms with E-state index >= 15 is 0 Å². The topological polar surface area (TPSA) is 22.1 Å². The highest BCUT2D eigenvalue weighted by Crippen LogP contribution is 2.21. The number of aryl methyl sites for hydroxylation is 1. The van der Waals surface area contributed by atoms with Crippen LogP contribution >= 0.6 is 11.3 Å². The molecule has 2 nitrogen and oxygen atoms in total. The largest absolute Gasteiger partial charge is 0.464 e. The van der Waals surface area contributed by atoms with Crippen molar-refractivity contribution in [1.29, 1.82) is 0 Å². The van der Waals surface area contributed by atoms with Crippen molar-refractivity contribution in [2.75, 3.05) is 6.61 Å². The summed E-state index contributed by atoms with van der Waals surface area (Å²) < 4.78 is 29.3. The first-order valence-corrected chi connectivity index (χ1v) is 4.22. The summed E-state index contributed by atoms with van der Waals surface area (Å²) in [6.45, 7) is 2.04. The van der Waals surface area contributed by atoms with Crippen LogP contribution in [0.15, 0.2) is 6.20 Å². The molecular weight excluding hydrogens is 184 g/mol. The third-order valence-corrected chi connectivity index (χ3v) is 1.87. The van der Waals surface area contributed by atoms with Crippen molar-refractivity contribution in [1.82, 2.24) is 4.98 Å². The third-order valence-electron chi connectivity index (χ3n) is 1.05. The maximum absolute atomic E-state index is 12.3. The lowest BCUT2D eigenvalue weighted by Gasteiger charge is -2.08. The highest BCUT2D eigenvalue weighted by molar-refractivity contribution is 7.13. The maximum atomic E-state index is 12.3. The Morgan fingerprint density at radius 1 is 1.67 bits per heavy atom. The lowest BCUT2D eigenvalue weighted by Crippen LogP contribution is -2.20. The molecule has 0 bridgehead atoms. The number of halogens is 2. The minimum atomic E-state index is -2.79. The van der Waals surface area contributed by atoms with Crippen LogP contribution in [-0.2, 0) is 0 Å². The smallest absolute Gasteiger partial charge is 0.278 e. The predicted octanol–water partition coefficient (Wildman–Crippen LogP) is 2.49. The molecule has 12 heavy (non-hydrogen) atoms. The summed E-state index contributed by atoms with van der Waals surface area (Å²) in [5, 5.41) is 0.300. The van der Waals surface area contributed by atoms with Crippen molar-refractivity contribution in [2.24, 2.45) is 0 Å². The van der Waals surface area contributed by atoms with E-state index < -0.39 is 12.5 Å². The van der Waals surface area contributed by atoms with Gasteiger partial charge in [0.05, 0.1) is 0 Å². The fourth-order valence-electron chi connectivity index (χ4n) is 0.589. The zero-order valence-electron chi connectivity index (χ0n) is 6.80. The van der Waals surface area contributed by atoms with Gasteiger partial charge in [0.15, 0.2) is 6.61 Å². The molecule has 0 aliphatic carbocycles. The Balaban J connectivity index is 2.44. The molecule has 1 heterocycles. The predicted molar refractivity (Wildman–Crippen MR) is 43.0 cm³/mol. The van der Waals surface area contributed by atoms with Gasteiger partial charge in [-0.25, -0.2) is 13.8 Å². The van der Waals surface area contributed by atoms with Crippen LogP contribution in [0.2, 0.25) is 0 Å². The Kier molecular flexibility index (Phi) is 2.62. The Labute approximate surface area is 73.2 Å². The van der Waals surface area contributed by atoms with Crippen molar-refractivity contribution in [2.45, 2.75) is 19.8 Å². The van der Waals surface area contributed by atoms with Gasteiger partial charge in [-0.05, 0) is 6.92 Å². The van der Waals surface area contributed by atoms with Crippen LogP contribution in [0, 0.1) is 6.92 Å². The standard InChI is InChI=1S/C7H9F2NOS/c1-5-3-10-6(12-5)11-4-7(2,8)9/h3H,4H2,1-2H3. The molecule has 0 saturated carbocycles. The second-order valence-corrected chi connectivity index (χ2v) is 3.79. The van der Waals surface area contributed by atoms with Gasteiger partial charge in [-0.15, -0.1) is 0 Å². The molecule has 0 aliphatic heterocycles. The molecule has 0 amide bonds. The Morgan fingerprint density at radius 2 is 2.33 bits per heavy atom. The van der Waals surface area contributed by atoms with Crippen molar-refractivity contribution < 1.29 is 13.5 Å². The summed E-state index contributed by atoms with van der Waals surface area (Å²) in [4.78, 5) is 4.73. The van der Waals surface area contributed by atoms with Crippen LogP contribution < -0.4 is 4.74 Å². The van der Waals surface area contributed by atoms with Gasteiger partial charge in [-0.3, -0.25) is 0 Å². The van der Waals surface area contributed by atoms with E-state index in [4.69, 9.17) is 4.74 Å². The zero-order chi connectivity index (χ0) is 9.19. The fraction of sp³-hybridized carbons (Fsp3) is 0.571. The first kappa shape index (κ1) is 9.38. The lowest BCUT2D eigenvalue weighted by molar-refractivity contribution is -0.0230. The fourth-order valence-corrected chi connectivity index (χ4v) is 1.19. The van der Waals surface area contributed by atoms with Crippen LogP contribution in [0.5, 0.6) is 5.19 Å². The average Bonchev–Trinajstić information content (AvgIpc) is 2.30. The normalized spacial score (nSPS) is 11.7. The van der Waals surface area contributed by atoms with Crippen LogP contribution in [-0.4, -0.2) is 17.5 Å². The van der Waals surface area contributed by atoms with E-state index in [-0.39, 0.29) is 0 Å². The Morgan fingerprint density at radius 3 is 2.75 bits per heavy atom. The van der Waals surface area contributed by atoms with Crippen LogP contribution in [0.25, 0.3) is 0 Å². The van der Waals surface area contributed by atoms with E-state index in [0.717, 1.165) is 11.8 Å². The summed E-state index contributed by atoms with van der Waals surface area (Å²) in [6, 6.07) is 0. The second-order valence-electron chi connectivity index (χ2n) is 2.60. The summed E-state index contributed by atoms with van der Waals surface area (Å²) in [5.74, 6) is -2.79. The first-order chi connectivity index (χ1) is 5.47. The quantitative estimate of drug-likeness (QED) is 0.735. The van der Waals surface area contributed by atoms with E-state index in [9.17, 15) is 8.78 Å². The molecule has 0 spiro atoms. The van der Waals surface area contributed by atoms with Gasteiger partial charge in [-0.1, -0.05) is 11.3 Å². The summed E-state index contributed by atoms with van der Waals surface area (Å²) in [6.07, 6.45) is 1.59. The van der Waals surface area contributed by atoms with E-state index in [1.807, 2.05) is 6.92 Å². The second kappa shape index (κ2) is 3.35. The number of rotatable bonds is 3. The van der Waals surface area contributed by atoms with E-state index in [1.165, 1.54) is 11.3 Å². The molecule has 0 atom stereocenters. The van der Waals surface area contributed by atoms with Crippen LogP contribution in [0.1, 0.15) is 11.8 Å². The molecule has 5 heteroatoms. The van der Waals surface area contributed by atoms with Crippen molar-refractivity contribution in [3.05, 3.63) is 11.1 Å². The number of hydrogen-bond donors (Lipinski definition) is 0. The molecule has 0 fully saturated rings. The van der Waals surface area contributed by atoms with Gasteiger partial charge in [0, 0.05) is 18.0 Å². The molecule has 1 rings (SSSR count). The molecule has 1 aromatic heterocycles. The molecule has 0 N–H and O–H groups in total. The number of aromatic nitrogens is 1. The van der Waals surface area contributed by atoms with Gasteiger partial charge in [0.2, 0.25) is 0 Å². The number of alkyl halides is 2. The number of hydrogen-bond acceptors (Lipinski definition) is 3. The van der Waals surface area contributed by atoms with Crippen molar-refractivity contribution in [3.8, 4) is 5.19 Å². The van der Waals surface area contributed by atoms with Gasteiger partial charge in [0.25, 0.3) is 11.1 Å². The molecule has 0 radical (unpaired) electrons. The number of thiazole rings is 1. The SMILES string of the molecule is Cc1cnc(OCC(C)(F)F)s1.